The van der Waals surface area contributed by atoms with E-state index in [1.54, 1.807) is 19.1 Å². The smallest absolute Gasteiger partial charge is 0.264 e. The number of benzene rings is 1. The number of sulfonamides is 1. The van der Waals surface area contributed by atoms with Crippen molar-refractivity contribution in [3.8, 4) is 5.75 Å². The fourth-order valence-corrected chi connectivity index (χ4v) is 6.36. The molecular formula is C17H24N2O6S2. The third-order valence-corrected chi connectivity index (χ3v) is 8.22. The van der Waals surface area contributed by atoms with Gasteiger partial charge in [0.25, 0.3) is 15.9 Å². The molecule has 2 fully saturated rings. The van der Waals surface area contributed by atoms with Gasteiger partial charge in [0.1, 0.15) is 15.6 Å². The lowest BCUT2D eigenvalue weighted by molar-refractivity contribution is -0.121. The molecule has 2 N–H and O–H groups in total. The quantitative estimate of drug-likeness (QED) is 0.715. The summed E-state index contributed by atoms with van der Waals surface area (Å²) in [5, 5.41) is 3.05. The van der Waals surface area contributed by atoms with Gasteiger partial charge in [-0.3, -0.25) is 4.79 Å². The highest BCUT2D eigenvalue weighted by Crippen LogP contribution is 2.40. The van der Waals surface area contributed by atoms with Crippen LogP contribution >= 0.6 is 0 Å². The van der Waals surface area contributed by atoms with Gasteiger partial charge >= 0.3 is 0 Å². The van der Waals surface area contributed by atoms with Crippen LogP contribution < -0.4 is 14.8 Å². The van der Waals surface area contributed by atoms with Crippen molar-refractivity contribution in [2.45, 2.75) is 37.1 Å². The number of rotatable bonds is 5. The van der Waals surface area contributed by atoms with Gasteiger partial charge in [0.2, 0.25) is 0 Å². The van der Waals surface area contributed by atoms with Crippen molar-refractivity contribution in [3.05, 3.63) is 24.3 Å². The largest absolute Gasteiger partial charge is 0.494 e. The number of nitrogens with one attached hydrogen (secondary N) is 2. The van der Waals surface area contributed by atoms with Crippen molar-refractivity contribution >= 4 is 25.8 Å². The molecule has 8 nitrogen and oxygen atoms in total. The van der Waals surface area contributed by atoms with Crippen molar-refractivity contribution in [3.63, 3.8) is 0 Å². The Hall–Kier alpha value is -1.65. The third kappa shape index (κ3) is 4.61. The lowest BCUT2D eigenvalue weighted by Crippen LogP contribution is -2.43. The minimum absolute atomic E-state index is 0.0433. The fraction of sp³-hybridized carbons (Fsp3) is 0.588. The van der Waals surface area contributed by atoms with Gasteiger partial charge in [0.05, 0.1) is 29.0 Å². The minimum atomic E-state index is -4.01. The Morgan fingerprint density at radius 1 is 1.33 bits per heavy atom. The Morgan fingerprint density at radius 2 is 2.04 bits per heavy atom. The number of carbonyl (C=O) groups excluding carboxylic acids is 1. The molecule has 2 heterocycles. The lowest BCUT2D eigenvalue weighted by Gasteiger charge is -2.32. The molecule has 27 heavy (non-hydrogen) atoms. The van der Waals surface area contributed by atoms with Crippen LogP contribution in [0.4, 0.5) is 0 Å². The molecule has 1 atom stereocenters. The number of carbonyl (C=O) groups is 1. The lowest BCUT2D eigenvalue weighted by atomic mass is 9.80. The molecule has 150 valence electrons. The van der Waals surface area contributed by atoms with E-state index in [2.05, 4.69) is 10.0 Å². The van der Waals surface area contributed by atoms with E-state index in [1.165, 1.54) is 12.1 Å². The van der Waals surface area contributed by atoms with E-state index < -0.39 is 31.8 Å². The van der Waals surface area contributed by atoms with E-state index in [0.717, 1.165) is 0 Å². The van der Waals surface area contributed by atoms with Gasteiger partial charge in [-0.25, -0.2) is 21.6 Å². The first kappa shape index (κ1) is 20.1. The zero-order chi connectivity index (χ0) is 19.7. The maximum Gasteiger partial charge on any atom is 0.264 e. The number of hydrogen-bond acceptors (Lipinski definition) is 7. The minimum Gasteiger partial charge on any atom is -0.494 e. The molecule has 2 aliphatic rings. The van der Waals surface area contributed by atoms with Gasteiger partial charge in [-0.1, -0.05) is 6.07 Å². The average molecular weight is 417 g/mol. The first-order valence-corrected chi connectivity index (χ1v) is 12.2. The summed E-state index contributed by atoms with van der Waals surface area (Å²) in [6, 6.07) is 5.30. The van der Waals surface area contributed by atoms with Gasteiger partial charge in [0.15, 0.2) is 0 Å². The molecule has 1 amide bonds. The normalized spacial score (nSPS) is 23.8. The summed E-state index contributed by atoms with van der Waals surface area (Å²) in [5.41, 5.74) is -0.258. The van der Waals surface area contributed by atoms with Crippen molar-refractivity contribution in [1.82, 2.24) is 10.0 Å². The highest BCUT2D eigenvalue weighted by molar-refractivity contribution is 7.91. The Balaban J connectivity index is 1.66. The second-order valence-electron chi connectivity index (χ2n) is 7.17. The zero-order valence-corrected chi connectivity index (χ0v) is 16.7. The summed E-state index contributed by atoms with van der Waals surface area (Å²) in [7, 11) is -7.01. The van der Waals surface area contributed by atoms with Gasteiger partial charge in [-0.15, -0.1) is 0 Å². The van der Waals surface area contributed by atoms with Crippen LogP contribution in [0.15, 0.2) is 29.2 Å². The molecule has 1 spiro atoms. The molecule has 1 unspecified atom stereocenters. The molecule has 0 aliphatic carbocycles. The summed E-state index contributed by atoms with van der Waals surface area (Å²) in [5.74, 6) is 0.0215. The number of sulfone groups is 1. The SMILES string of the molecule is CCOc1cccc(S(=O)(=O)NC(=O)C2CC3(CCS(=O)(=O)CC3)CN2)c1. The fourth-order valence-electron chi connectivity index (χ4n) is 3.61. The number of hydrogen-bond donors (Lipinski definition) is 2. The van der Waals surface area contributed by atoms with E-state index in [4.69, 9.17) is 4.74 Å². The van der Waals surface area contributed by atoms with Crippen LogP contribution in [0.5, 0.6) is 5.75 Å². The molecule has 1 aromatic carbocycles. The van der Waals surface area contributed by atoms with Crippen molar-refractivity contribution < 1.29 is 26.4 Å². The van der Waals surface area contributed by atoms with Crippen molar-refractivity contribution in [2.24, 2.45) is 5.41 Å². The highest BCUT2D eigenvalue weighted by Gasteiger charge is 2.45. The summed E-state index contributed by atoms with van der Waals surface area (Å²) >= 11 is 0. The number of ether oxygens (including phenoxy) is 1. The topological polar surface area (TPSA) is 119 Å². The Labute approximate surface area is 159 Å². The zero-order valence-electron chi connectivity index (χ0n) is 15.1. The van der Waals surface area contributed by atoms with E-state index in [0.29, 0.717) is 38.2 Å². The molecular weight excluding hydrogens is 392 g/mol. The van der Waals surface area contributed by atoms with Crippen LogP contribution in [0.3, 0.4) is 0 Å². The van der Waals surface area contributed by atoms with Crippen LogP contribution in [0.2, 0.25) is 0 Å². The molecule has 1 aromatic rings. The van der Waals surface area contributed by atoms with Crippen LogP contribution in [-0.4, -0.2) is 53.4 Å². The Kier molecular flexibility index (Phi) is 5.51. The summed E-state index contributed by atoms with van der Waals surface area (Å²) in [6.07, 6.45) is 1.42. The molecule has 0 aromatic heterocycles. The molecule has 10 heteroatoms. The predicted molar refractivity (Wildman–Crippen MR) is 99.7 cm³/mol. The van der Waals surface area contributed by atoms with E-state index in [1.807, 2.05) is 0 Å². The molecule has 0 bridgehead atoms. The summed E-state index contributed by atoms with van der Waals surface area (Å²) < 4.78 is 55.7. The number of amides is 1. The first-order valence-electron chi connectivity index (χ1n) is 8.88. The van der Waals surface area contributed by atoms with Crippen LogP contribution in [0, 0.1) is 5.41 Å². The summed E-state index contributed by atoms with van der Waals surface area (Å²) in [6.45, 7) is 2.71. The Bertz CT molecular complexity index is 912. The molecule has 0 saturated carbocycles. The molecule has 3 rings (SSSR count). The standard InChI is InChI=1S/C17H24N2O6S2/c1-2-25-13-4-3-5-14(10-13)27(23,24)19-16(20)15-11-17(12-18-15)6-8-26(21,22)9-7-17/h3-5,10,15,18H,2,6-9,11-12H2,1H3,(H,19,20). The van der Waals surface area contributed by atoms with E-state index >= 15 is 0 Å². The van der Waals surface area contributed by atoms with Crippen LogP contribution in [0.1, 0.15) is 26.2 Å². The van der Waals surface area contributed by atoms with Crippen molar-refractivity contribution in [1.29, 1.82) is 0 Å². The van der Waals surface area contributed by atoms with Gasteiger partial charge in [0, 0.05) is 12.6 Å². The predicted octanol–water partition coefficient (Wildman–Crippen LogP) is 0.447. The van der Waals surface area contributed by atoms with Crippen molar-refractivity contribution in [2.75, 3.05) is 24.7 Å². The molecule has 2 aliphatic heterocycles. The van der Waals surface area contributed by atoms with E-state index in [-0.39, 0.29) is 21.8 Å². The third-order valence-electron chi connectivity index (χ3n) is 5.23. The van der Waals surface area contributed by atoms with Gasteiger partial charge in [-0.2, -0.15) is 0 Å². The average Bonchev–Trinajstić information content (AvgIpc) is 3.03. The van der Waals surface area contributed by atoms with E-state index in [9.17, 15) is 21.6 Å². The summed E-state index contributed by atoms with van der Waals surface area (Å²) in [4.78, 5) is 12.5. The first-order chi connectivity index (χ1) is 12.6. The highest BCUT2D eigenvalue weighted by atomic mass is 32.2. The second-order valence-corrected chi connectivity index (χ2v) is 11.2. The maximum absolute atomic E-state index is 12.5. The Morgan fingerprint density at radius 3 is 2.70 bits per heavy atom. The monoisotopic (exact) mass is 416 g/mol. The van der Waals surface area contributed by atoms with Gasteiger partial charge in [-0.05, 0) is 43.7 Å². The molecule has 2 saturated heterocycles. The van der Waals surface area contributed by atoms with Gasteiger partial charge < -0.3 is 10.1 Å². The second kappa shape index (κ2) is 7.40. The maximum atomic E-state index is 12.5. The van der Waals surface area contributed by atoms with Crippen LogP contribution in [0.25, 0.3) is 0 Å². The molecule has 0 radical (unpaired) electrons. The van der Waals surface area contributed by atoms with Crippen LogP contribution in [-0.2, 0) is 24.7 Å².